The Balaban J connectivity index is 1.20. The first-order valence-electron chi connectivity index (χ1n) is 17.6. The van der Waals surface area contributed by atoms with Gasteiger partial charge in [0.25, 0.3) is 0 Å². The molecule has 0 bridgehead atoms. The zero-order chi connectivity index (χ0) is 33.7. The maximum Gasteiger partial charge on any atom is 0.136 e. The lowest BCUT2D eigenvalue weighted by Gasteiger charge is -2.34. The van der Waals surface area contributed by atoms with Gasteiger partial charge in [0.15, 0.2) is 0 Å². The average molecular weight is 659 g/mol. The SMILES string of the molecule is C1=CCNC(c2ccc3c(c2)Oc2cccc(C4=CC=CC5c6ccccc6N(c6ccccc6)C45)c2-c2ccccc2Oc2ccccc2-3)=C1. The highest BCUT2D eigenvalue weighted by Gasteiger charge is 2.42. The number of nitrogens with zero attached hydrogens (tertiary/aromatic N) is 1. The molecule has 0 saturated carbocycles. The van der Waals surface area contributed by atoms with E-state index < -0.39 is 0 Å². The summed E-state index contributed by atoms with van der Waals surface area (Å²) in [5, 5.41) is 3.52. The van der Waals surface area contributed by atoms with Crippen LogP contribution in [0.3, 0.4) is 0 Å². The zero-order valence-electron chi connectivity index (χ0n) is 27.9. The smallest absolute Gasteiger partial charge is 0.136 e. The molecule has 51 heavy (non-hydrogen) atoms. The van der Waals surface area contributed by atoms with E-state index in [2.05, 4.69) is 168 Å². The lowest BCUT2D eigenvalue weighted by molar-refractivity contribution is 0.472. The number of rotatable bonds is 3. The number of dihydropyridines is 1. The third kappa shape index (κ3) is 4.91. The fraction of sp³-hybridized carbons (Fsp3) is 0.0638. The minimum atomic E-state index is 0.0433. The number of fused-ring (bicyclic) bond motifs is 9. The molecule has 0 saturated heterocycles. The van der Waals surface area contributed by atoms with Crippen LogP contribution in [0.15, 0.2) is 176 Å². The highest BCUT2D eigenvalue weighted by Crippen LogP contribution is 2.55. The van der Waals surface area contributed by atoms with Crippen molar-refractivity contribution >= 4 is 22.6 Å². The highest BCUT2D eigenvalue weighted by molar-refractivity contribution is 5.95. The van der Waals surface area contributed by atoms with Crippen LogP contribution in [0.4, 0.5) is 11.4 Å². The standard InChI is InChI=1S/C47H34N2O2/c1-2-14-32(15-3-1)49-41-23-7-4-16-33(41)37-20-12-21-38(47(37)49)36-19-13-26-44-46(36)39-18-6-9-25-43(39)50-42-24-8-5-17-34(42)35-28-27-31(30-45(35)51-44)40-22-10-11-29-48-40/h1-28,30,37,47-48H,29H2. The fourth-order valence-electron chi connectivity index (χ4n) is 8.09. The molecule has 4 heteroatoms. The van der Waals surface area contributed by atoms with Gasteiger partial charge in [-0.15, -0.1) is 0 Å². The zero-order valence-corrected chi connectivity index (χ0v) is 27.9. The molecule has 4 aliphatic rings. The van der Waals surface area contributed by atoms with Gasteiger partial charge < -0.3 is 19.7 Å². The topological polar surface area (TPSA) is 33.7 Å². The largest absolute Gasteiger partial charge is 0.456 e. The molecule has 0 fully saturated rings. The van der Waals surface area contributed by atoms with Crippen molar-refractivity contribution < 1.29 is 9.47 Å². The first-order valence-corrected chi connectivity index (χ1v) is 17.6. The summed E-state index contributed by atoms with van der Waals surface area (Å²) < 4.78 is 14.1. The molecule has 2 atom stereocenters. The Morgan fingerprint density at radius 3 is 2.14 bits per heavy atom. The Morgan fingerprint density at radius 1 is 0.569 bits per heavy atom. The first-order chi connectivity index (χ1) is 25.3. The Morgan fingerprint density at radius 2 is 1.27 bits per heavy atom. The van der Waals surface area contributed by atoms with Gasteiger partial charge in [0.1, 0.15) is 23.0 Å². The van der Waals surface area contributed by atoms with E-state index >= 15 is 0 Å². The maximum atomic E-state index is 7.19. The van der Waals surface area contributed by atoms with Crippen LogP contribution in [0.5, 0.6) is 23.0 Å². The molecule has 4 nitrogen and oxygen atoms in total. The van der Waals surface area contributed by atoms with E-state index in [4.69, 9.17) is 9.47 Å². The number of para-hydroxylation sites is 4. The van der Waals surface area contributed by atoms with E-state index in [1.807, 2.05) is 18.2 Å². The maximum absolute atomic E-state index is 7.19. The third-order valence-electron chi connectivity index (χ3n) is 10.3. The molecule has 6 aromatic carbocycles. The van der Waals surface area contributed by atoms with Gasteiger partial charge in [-0.2, -0.15) is 0 Å². The second-order valence-electron chi connectivity index (χ2n) is 13.2. The van der Waals surface area contributed by atoms with Crippen molar-refractivity contribution in [3.05, 3.63) is 193 Å². The summed E-state index contributed by atoms with van der Waals surface area (Å²) in [4.78, 5) is 2.51. The summed E-state index contributed by atoms with van der Waals surface area (Å²) in [6.45, 7) is 0.791. The second-order valence-corrected chi connectivity index (χ2v) is 13.2. The van der Waals surface area contributed by atoms with E-state index in [1.165, 1.54) is 22.5 Å². The molecule has 2 unspecified atom stereocenters. The Kier molecular flexibility index (Phi) is 6.98. The molecule has 10 rings (SSSR count). The van der Waals surface area contributed by atoms with Crippen molar-refractivity contribution in [2.45, 2.75) is 12.0 Å². The summed E-state index contributed by atoms with van der Waals surface area (Å²) in [6.07, 6.45) is 13.2. The van der Waals surface area contributed by atoms with Gasteiger partial charge in [-0.05, 0) is 71.3 Å². The van der Waals surface area contributed by atoms with Gasteiger partial charge in [0.05, 0.1) is 6.04 Å². The number of nitrogens with one attached hydrogen (secondary N) is 1. The number of anilines is 2. The van der Waals surface area contributed by atoms with Gasteiger partial charge in [-0.3, -0.25) is 0 Å². The third-order valence-corrected chi connectivity index (χ3v) is 10.3. The van der Waals surface area contributed by atoms with Crippen LogP contribution in [0.2, 0.25) is 0 Å². The molecule has 3 heterocycles. The van der Waals surface area contributed by atoms with Crippen LogP contribution in [0.1, 0.15) is 22.6 Å². The van der Waals surface area contributed by atoms with Gasteiger partial charge in [0.2, 0.25) is 0 Å². The lowest BCUT2D eigenvalue weighted by Crippen LogP contribution is -2.32. The molecule has 1 aliphatic carbocycles. The highest BCUT2D eigenvalue weighted by atomic mass is 16.5. The summed E-state index contributed by atoms with van der Waals surface area (Å²) in [5.74, 6) is 3.30. The van der Waals surface area contributed by atoms with Gasteiger partial charge in [-0.25, -0.2) is 0 Å². The molecular formula is C47H34N2O2. The average Bonchev–Trinajstić information content (AvgIpc) is 3.54. The number of allylic oxidation sites excluding steroid dienone is 4. The summed E-state index contributed by atoms with van der Waals surface area (Å²) >= 11 is 0. The van der Waals surface area contributed by atoms with E-state index in [0.717, 1.165) is 68.6 Å². The summed E-state index contributed by atoms with van der Waals surface area (Å²) in [5.41, 5.74) is 12.2. The Bertz CT molecular complexity index is 2460. The van der Waals surface area contributed by atoms with Gasteiger partial charge in [-0.1, -0.05) is 121 Å². The lowest BCUT2D eigenvalue weighted by atomic mass is 9.80. The van der Waals surface area contributed by atoms with Crippen LogP contribution < -0.4 is 19.7 Å². The Labute approximate surface area is 297 Å². The summed E-state index contributed by atoms with van der Waals surface area (Å²) in [6, 6.07) is 49.1. The van der Waals surface area contributed by atoms with E-state index in [1.54, 1.807) is 0 Å². The molecule has 0 radical (unpaired) electrons. The molecule has 1 N–H and O–H groups in total. The summed E-state index contributed by atoms with van der Waals surface area (Å²) in [7, 11) is 0. The molecule has 0 amide bonds. The number of hydrogen-bond acceptors (Lipinski definition) is 4. The van der Waals surface area contributed by atoms with Crippen molar-refractivity contribution in [3.63, 3.8) is 0 Å². The predicted molar refractivity (Wildman–Crippen MR) is 208 cm³/mol. The minimum Gasteiger partial charge on any atom is -0.456 e. The quantitative estimate of drug-likeness (QED) is 0.205. The number of hydrogen-bond donors (Lipinski definition) is 1. The first kappa shape index (κ1) is 29.4. The molecule has 244 valence electrons. The van der Waals surface area contributed by atoms with Gasteiger partial charge in [0, 0.05) is 57.4 Å². The van der Waals surface area contributed by atoms with Crippen LogP contribution in [-0.4, -0.2) is 12.6 Å². The van der Waals surface area contributed by atoms with E-state index in [9.17, 15) is 0 Å². The molecule has 6 aromatic rings. The predicted octanol–water partition coefficient (Wildman–Crippen LogP) is 11.7. The van der Waals surface area contributed by atoms with E-state index in [-0.39, 0.29) is 12.0 Å². The normalized spacial score (nSPS) is 17.8. The number of ether oxygens (including phenoxy) is 2. The Hall–Kier alpha value is -6.52. The van der Waals surface area contributed by atoms with Crippen molar-refractivity contribution in [1.82, 2.24) is 5.32 Å². The molecule has 0 aromatic heterocycles. The molecular weight excluding hydrogens is 625 g/mol. The van der Waals surface area contributed by atoms with Crippen molar-refractivity contribution in [3.8, 4) is 45.3 Å². The monoisotopic (exact) mass is 658 g/mol. The van der Waals surface area contributed by atoms with Crippen molar-refractivity contribution in [2.24, 2.45) is 0 Å². The fourth-order valence-corrected chi connectivity index (χ4v) is 8.09. The van der Waals surface area contributed by atoms with Crippen molar-refractivity contribution in [1.29, 1.82) is 0 Å². The molecule has 0 spiro atoms. The van der Waals surface area contributed by atoms with Crippen molar-refractivity contribution in [2.75, 3.05) is 11.4 Å². The minimum absolute atomic E-state index is 0.0433. The number of benzene rings is 6. The van der Waals surface area contributed by atoms with E-state index in [0.29, 0.717) is 0 Å². The van der Waals surface area contributed by atoms with Crippen LogP contribution in [0, 0.1) is 0 Å². The van der Waals surface area contributed by atoms with Crippen LogP contribution in [-0.2, 0) is 0 Å². The van der Waals surface area contributed by atoms with Crippen LogP contribution >= 0.6 is 0 Å². The van der Waals surface area contributed by atoms with Gasteiger partial charge >= 0.3 is 0 Å². The van der Waals surface area contributed by atoms with Crippen LogP contribution in [0.25, 0.3) is 33.5 Å². The molecule has 3 aliphatic heterocycles. The second kappa shape index (κ2) is 12.1.